The SMILES string of the molecule is O=C(c1cccc(-c2ncn[nH]2)c1)N1CCCC1CCCO. The first-order valence-electron chi connectivity index (χ1n) is 7.67. The highest BCUT2D eigenvalue weighted by Gasteiger charge is 2.29. The maximum absolute atomic E-state index is 12.8. The molecule has 1 aromatic heterocycles. The molecule has 0 radical (unpaired) electrons. The van der Waals surface area contributed by atoms with Crippen LogP contribution in [0.2, 0.25) is 0 Å². The first-order valence-corrected chi connectivity index (χ1v) is 7.67. The lowest BCUT2D eigenvalue weighted by molar-refractivity contribution is 0.0724. The zero-order valence-electron chi connectivity index (χ0n) is 12.4. The summed E-state index contributed by atoms with van der Waals surface area (Å²) < 4.78 is 0. The first-order chi connectivity index (χ1) is 10.8. The van der Waals surface area contributed by atoms with E-state index in [4.69, 9.17) is 5.11 Å². The van der Waals surface area contributed by atoms with E-state index in [0.717, 1.165) is 37.8 Å². The van der Waals surface area contributed by atoms with E-state index in [-0.39, 0.29) is 18.6 Å². The summed E-state index contributed by atoms with van der Waals surface area (Å²) in [6, 6.07) is 7.70. The number of carbonyl (C=O) groups is 1. The van der Waals surface area contributed by atoms with E-state index in [2.05, 4.69) is 15.2 Å². The van der Waals surface area contributed by atoms with Crippen molar-refractivity contribution in [1.29, 1.82) is 0 Å². The van der Waals surface area contributed by atoms with E-state index in [1.807, 2.05) is 29.2 Å². The molecule has 0 spiro atoms. The summed E-state index contributed by atoms with van der Waals surface area (Å²) >= 11 is 0. The van der Waals surface area contributed by atoms with E-state index in [0.29, 0.717) is 11.4 Å². The van der Waals surface area contributed by atoms with Crippen LogP contribution in [-0.2, 0) is 0 Å². The van der Waals surface area contributed by atoms with Crippen LogP contribution in [0.15, 0.2) is 30.6 Å². The van der Waals surface area contributed by atoms with Crippen molar-refractivity contribution in [2.45, 2.75) is 31.7 Å². The number of likely N-dealkylation sites (tertiary alicyclic amines) is 1. The summed E-state index contributed by atoms with van der Waals surface area (Å²) in [5.74, 6) is 0.717. The second-order valence-corrected chi connectivity index (χ2v) is 5.58. The van der Waals surface area contributed by atoms with Crippen LogP contribution in [0.5, 0.6) is 0 Å². The number of nitrogens with zero attached hydrogens (tertiary/aromatic N) is 3. The Labute approximate surface area is 129 Å². The summed E-state index contributed by atoms with van der Waals surface area (Å²) in [4.78, 5) is 18.8. The fourth-order valence-electron chi connectivity index (χ4n) is 3.04. The van der Waals surface area contributed by atoms with Crippen molar-refractivity contribution >= 4 is 5.91 Å². The lowest BCUT2D eigenvalue weighted by Crippen LogP contribution is -2.35. The highest BCUT2D eigenvalue weighted by atomic mass is 16.3. The van der Waals surface area contributed by atoms with Gasteiger partial charge >= 0.3 is 0 Å². The summed E-state index contributed by atoms with van der Waals surface area (Å²) in [5.41, 5.74) is 1.53. The number of aromatic nitrogens is 3. The number of rotatable bonds is 5. The largest absolute Gasteiger partial charge is 0.396 e. The summed E-state index contributed by atoms with van der Waals surface area (Å²) in [6.45, 7) is 0.973. The molecular formula is C16H20N4O2. The van der Waals surface area contributed by atoms with Crippen molar-refractivity contribution in [3.8, 4) is 11.4 Å². The average molecular weight is 300 g/mol. The normalized spacial score (nSPS) is 17.9. The zero-order valence-corrected chi connectivity index (χ0v) is 12.4. The lowest BCUT2D eigenvalue weighted by Gasteiger charge is -2.24. The van der Waals surface area contributed by atoms with Gasteiger partial charge in [0.25, 0.3) is 5.91 Å². The molecule has 2 N–H and O–H groups in total. The van der Waals surface area contributed by atoms with Gasteiger partial charge in [-0.1, -0.05) is 12.1 Å². The minimum absolute atomic E-state index is 0.0572. The van der Waals surface area contributed by atoms with Crippen molar-refractivity contribution in [3.63, 3.8) is 0 Å². The van der Waals surface area contributed by atoms with Gasteiger partial charge in [-0.15, -0.1) is 0 Å². The molecule has 6 heteroatoms. The van der Waals surface area contributed by atoms with Gasteiger partial charge in [-0.3, -0.25) is 9.89 Å². The van der Waals surface area contributed by atoms with Crippen molar-refractivity contribution in [1.82, 2.24) is 20.1 Å². The Balaban J connectivity index is 1.78. The number of benzene rings is 1. The second kappa shape index (κ2) is 6.70. The third-order valence-electron chi connectivity index (χ3n) is 4.13. The first kappa shape index (κ1) is 14.7. The van der Waals surface area contributed by atoms with Crippen LogP contribution in [0.3, 0.4) is 0 Å². The summed E-state index contributed by atoms with van der Waals surface area (Å²) in [5, 5.41) is 15.6. The van der Waals surface area contributed by atoms with Crippen LogP contribution in [0.25, 0.3) is 11.4 Å². The van der Waals surface area contributed by atoms with Crippen molar-refractivity contribution in [2.24, 2.45) is 0 Å². The fraction of sp³-hybridized carbons (Fsp3) is 0.438. The standard InChI is InChI=1S/C16H20N4O2/c21-9-3-7-14-6-2-8-20(14)16(22)13-5-1-4-12(10-13)15-17-11-18-19-15/h1,4-5,10-11,14,21H,2-3,6-9H2,(H,17,18,19). The quantitative estimate of drug-likeness (QED) is 0.883. The Morgan fingerprint density at radius 3 is 3.14 bits per heavy atom. The molecule has 0 saturated carbocycles. The third kappa shape index (κ3) is 3.01. The van der Waals surface area contributed by atoms with Crippen LogP contribution in [0, 0.1) is 0 Å². The number of amides is 1. The number of aliphatic hydroxyl groups excluding tert-OH is 1. The topological polar surface area (TPSA) is 82.1 Å². The summed E-state index contributed by atoms with van der Waals surface area (Å²) in [7, 11) is 0. The highest BCUT2D eigenvalue weighted by molar-refractivity contribution is 5.95. The Kier molecular flexibility index (Phi) is 4.48. The molecule has 1 amide bonds. The molecule has 2 heterocycles. The van der Waals surface area contributed by atoms with Crippen molar-refractivity contribution in [2.75, 3.05) is 13.2 Å². The van der Waals surface area contributed by atoms with E-state index in [1.54, 1.807) is 0 Å². The van der Waals surface area contributed by atoms with E-state index >= 15 is 0 Å². The molecular weight excluding hydrogens is 280 g/mol. The number of H-pyrrole nitrogens is 1. The Bertz CT molecular complexity index is 627. The van der Waals surface area contributed by atoms with Crippen molar-refractivity contribution in [3.05, 3.63) is 36.2 Å². The van der Waals surface area contributed by atoms with Gasteiger partial charge in [0.05, 0.1) is 0 Å². The third-order valence-corrected chi connectivity index (χ3v) is 4.13. The van der Waals surface area contributed by atoms with Gasteiger partial charge in [0.2, 0.25) is 0 Å². The second-order valence-electron chi connectivity index (χ2n) is 5.58. The zero-order chi connectivity index (χ0) is 15.4. The molecule has 1 unspecified atom stereocenters. The van der Waals surface area contributed by atoms with Gasteiger partial charge in [-0.25, -0.2) is 4.98 Å². The monoisotopic (exact) mass is 300 g/mol. The Morgan fingerprint density at radius 1 is 1.45 bits per heavy atom. The van der Waals surface area contributed by atoms with E-state index < -0.39 is 0 Å². The predicted octanol–water partition coefficient (Wildman–Crippen LogP) is 1.85. The molecule has 1 aliphatic rings. The van der Waals surface area contributed by atoms with Gasteiger partial charge in [0.15, 0.2) is 5.82 Å². The average Bonchev–Trinajstić information content (AvgIpc) is 3.23. The number of nitrogens with one attached hydrogen (secondary N) is 1. The van der Waals surface area contributed by atoms with Crippen LogP contribution >= 0.6 is 0 Å². The van der Waals surface area contributed by atoms with Gasteiger partial charge in [0.1, 0.15) is 6.33 Å². The fourth-order valence-corrected chi connectivity index (χ4v) is 3.04. The van der Waals surface area contributed by atoms with Gasteiger partial charge in [0, 0.05) is 30.3 Å². The molecule has 2 aromatic rings. The molecule has 1 atom stereocenters. The molecule has 6 nitrogen and oxygen atoms in total. The molecule has 3 rings (SSSR count). The summed E-state index contributed by atoms with van der Waals surface area (Å²) in [6.07, 6.45) is 5.11. The molecule has 1 aliphatic heterocycles. The molecule has 1 fully saturated rings. The minimum Gasteiger partial charge on any atom is -0.396 e. The Morgan fingerprint density at radius 2 is 2.36 bits per heavy atom. The molecule has 22 heavy (non-hydrogen) atoms. The van der Waals surface area contributed by atoms with Gasteiger partial charge in [-0.05, 0) is 37.8 Å². The molecule has 0 bridgehead atoms. The highest BCUT2D eigenvalue weighted by Crippen LogP contribution is 2.24. The molecule has 116 valence electrons. The van der Waals surface area contributed by atoms with E-state index in [9.17, 15) is 4.79 Å². The number of aromatic amines is 1. The number of aliphatic hydroxyl groups is 1. The minimum atomic E-state index is 0.0572. The Hall–Kier alpha value is -2.21. The molecule has 0 aliphatic carbocycles. The van der Waals surface area contributed by atoms with Crippen LogP contribution in [-0.4, -0.2) is 50.3 Å². The lowest BCUT2D eigenvalue weighted by atomic mass is 10.1. The van der Waals surface area contributed by atoms with E-state index in [1.165, 1.54) is 6.33 Å². The van der Waals surface area contributed by atoms with Gasteiger partial charge < -0.3 is 10.0 Å². The number of carbonyl (C=O) groups excluding carboxylic acids is 1. The number of hydrogen-bond donors (Lipinski definition) is 2. The molecule has 1 aromatic carbocycles. The maximum atomic E-state index is 12.8. The van der Waals surface area contributed by atoms with Crippen LogP contribution in [0.4, 0.5) is 0 Å². The molecule has 1 saturated heterocycles. The predicted molar refractivity (Wildman–Crippen MR) is 82.2 cm³/mol. The van der Waals surface area contributed by atoms with Crippen LogP contribution < -0.4 is 0 Å². The van der Waals surface area contributed by atoms with Crippen LogP contribution in [0.1, 0.15) is 36.0 Å². The van der Waals surface area contributed by atoms with Crippen molar-refractivity contribution < 1.29 is 9.90 Å². The van der Waals surface area contributed by atoms with Gasteiger partial charge in [-0.2, -0.15) is 5.10 Å². The maximum Gasteiger partial charge on any atom is 0.254 e. The smallest absolute Gasteiger partial charge is 0.254 e. The number of hydrogen-bond acceptors (Lipinski definition) is 4.